The van der Waals surface area contributed by atoms with Gasteiger partial charge < -0.3 is 9.64 Å². The van der Waals surface area contributed by atoms with Crippen molar-refractivity contribution in [3.63, 3.8) is 0 Å². The van der Waals surface area contributed by atoms with Gasteiger partial charge in [-0.15, -0.1) is 0 Å². The topological polar surface area (TPSA) is 29.5 Å². The maximum Gasteiger partial charge on any atom is 0.224 e. The van der Waals surface area contributed by atoms with Crippen molar-refractivity contribution >= 4 is 5.91 Å². The van der Waals surface area contributed by atoms with Gasteiger partial charge in [0.2, 0.25) is 5.91 Å². The summed E-state index contributed by atoms with van der Waals surface area (Å²) in [7, 11) is 0. The van der Waals surface area contributed by atoms with Crippen molar-refractivity contribution < 1.29 is 9.53 Å². The van der Waals surface area contributed by atoms with Gasteiger partial charge in [0.1, 0.15) is 6.73 Å². The summed E-state index contributed by atoms with van der Waals surface area (Å²) in [5.74, 6) is 0.220. The number of nitrogens with zero attached hydrogens (tertiary/aromatic N) is 1. The molecule has 0 aromatic heterocycles. The zero-order valence-electron chi connectivity index (χ0n) is 7.17. The summed E-state index contributed by atoms with van der Waals surface area (Å²) in [6, 6.07) is 0.264. The Morgan fingerprint density at radius 1 is 1.55 bits per heavy atom. The van der Waals surface area contributed by atoms with Crippen LogP contribution in [0.4, 0.5) is 0 Å². The fraction of sp³-hybridized carbons (Fsp3) is 0.875. The maximum atomic E-state index is 11.3. The van der Waals surface area contributed by atoms with Gasteiger partial charge in [0, 0.05) is 19.1 Å². The maximum absolute atomic E-state index is 11.3. The van der Waals surface area contributed by atoms with Crippen LogP contribution < -0.4 is 0 Å². The van der Waals surface area contributed by atoms with Gasteiger partial charge in [-0.1, -0.05) is 0 Å². The molecular formula is C8H15NO2. The second kappa shape index (κ2) is 3.72. The van der Waals surface area contributed by atoms with Gasteiger partial charge >= 0.3 is 0 Å². The van der Waals surface area contributed by atoms with Crippen LogP contribution in [-0.2, 0) is 9.53 Å². The van der Waals surface area contributed by atoms with Gasteiger partial charge in [0.15, 0.2) is 0 Å². The van der Waals surface area contributed by atoms with E-state index in [1.807, 2.05) is 13.8 Å². The highest BCUT2D eigenvalue weighted by molar-refractivity contribution is 5.76. The fourth-order valence-electron chi connectivity index (χ4n) is 1.14. The van der Waals surface area contributed by atoms with Crippen LogP contribution in [-0.4, -0.2) is 30.2 Å². The molecule has 1 aliphatic heterocycles. The van der Waals surface area contributed by atoms with E-state index in [2.05, 4.69) is 0 Å². The Balaban J connectivity index is 2.52. The lowest BCUT2D eigenvalue weighted by atomic mass is 10.2. The smallest absolute Gasteiger partial charge is 0.224 e. The molecule has 1 rings (SSSR count). The predicted molar refractivity (Wildman–Crippen MR) is 42.0 cm³/mol. The van der Waals surface area contributed by atoms with Gasteiger partial charge in [-0.25, -0.2) is 0 Å². The number of ether oxygens (including phenoxy) is 1. The second-order valence-corrected chi connectivity index (χ2v) is 3.10. The van der Waals surface area contributed by atoms with Crippen molar-refractivity contribution in [1.82, 2.24) is 4.90 Å². The van der Waals surface area contributed by atoms with E-state index in [0.29, 0.717) is 13.2 Å². The average molecular weight is 157 g/mol. The van der Waals surface area contributed by atoms with Crippen LogP contribution in [0.1, 0.15) is 26.7 Å². The molecular weight excluding hydrogens is 142 g/mol. The highest BCUT2D eigenvalue weighted by Crippen LogP contribution is 2.07. The molecule has 1 saturated heterocycles. The lowest BCUT2D eigenvalue weighted by Crippen LogP contribution is -2.36. The molecule has 0 unspecified atom stereocenters. The quantitative estimate of drug-likeness (QED) is 0.568. The summed E-state index contributed by atoms with van der Waals surface area (Å²) >= 11 is 0. The zero-order chi connectivity index (χ0) is 8.27. The van der Waals surface area contributed by atoms with E-state index in [4.69, 9.17) is 4.74 Å². The predicted octanol–water partition coefficient (Wildman–Crippen LogP) is 0.991. The summed E-state index contributed by atoms with van der Waals surface area (Å²) in [6.07, 6.45) is 1.50. The van der Waals surface area contributed by atoms with Crippen LogP contribution >= 0.6 is 0 Å². The number of rotatable bonds is 1. The monoisotopic (exact) mass is 157 g/mol. The van der Waals surface area contributed by atoms with Crippen LogP contribution in [0.5, 0.6) is 0 Å². The lowest BCUT2D eigenvalue weighted by Gasteiger charge is -2.23. The standard InChI is InChI=1S/C8H15NO2/c1-7(2)9-6-11-5-3-4-8(9)10/h7H,3-6H2,1-2H3. The van der Waals surface area contributed by atoms with E-state index < -0.39 is 0 Å². The summed E-state index contributed by atoms with van der Waals surface area (Å²) in [4.78, 5) is 13.1. The third kappa shape index (κ3) is 2.19. The van der Waals surface area contributed by atoms with Crippen molar-refractivity contribution in [2.45, 2.75) is 32.7 Å². The van der Waals surface area contributed by atoms with E-state index in [1.54, 1.807) is 4.90 Å². The molecule has 3 heteroatoms. The van der Waals surface area contributed by atoms with Gasteiger partial charge in [-0.3, -0.25) is 4.79 Å². The highest BCUT2D eigenvalue weighted by Gasteiger charge is 2.18. The molecule has 11 heavy (non-hydrogen) atoms. The molecule has 0 saturated carbocycles. The Bertz CT molecular complexity index is 145. The van der Waals surface area contributed by atoms with Crippen LogP contribution in [0.3, 0.4) is 0 Å². The molecule has 0 aliphatic carbocycles. The summed E-state index contributed by atoms with van der Waals surface area (Å²) in [5, 5.41) is 0. The minimum absolute atomic E-state index is 0.220. The van der Waals surface area contributed by atoms with Gasteiger partial charge in [-0.2, -0.15) is 0 Å². The average Bonchev–Trinajstić information content (AvgIpc) is 2.13. The zero-order valence-corrected chi connectivity index (χ0v) is 7.17. The van der Waals surface area contributed by atoms with Crippen molar-refractivity contribution in [2.24, 2.45) is 0 Å². The Morgan fingerprint density at radius 3 is 2.91 bits per heavy atom. The Morgan fingerprint density at radius 2 is 2.27 bits per heavy atom. The molecule has 3 nitrogen and oxygen atoms in total. The molecule has 0 spiro atoms. The van der Waals surface area contributed by atoms with Crippen LogP contribution in [0.2, 0.25) is 0 Å². The fourth-order valence-corrected chi connectivity index (χ4v) is 1.14. The molecule has 0 bridgehead atoms. The first-order valence-corrected chi connectivity index (χ1v) is 4.09. The van der Waals surface area contributed by atoms with E-state index >= 15 is 0 Å². The normalized spacial score (nSPS) is 20.6. The van der Waals surface area contributed by atoms with Crippen LogP contribution in [0, 0.1) is 0 Å². The van der Waals surface area contributed by atoms with Crippen LogP contribution in [0.15, 0.2) is 0 Å². The summed E-state index contributed by atoms with van der Waals surface area (Å²) in [6.45, 7) is 5.20. The molecule has 0 aromatic rings. The largest absolute Gasteiger partial charge is 0.361 e. The number of hydrogen-bond acceptors (Lipinski definition) is 2. The minimum atomic E-state index is 0.220. The SMILES string of the molecule is CC(C)N1COCCCC1=O. The van der Waals surface area contributed by atoms with Gasteiger partial charge in [0.25, 0.3) is 0 Å². The third-order valence-corrected chi connectivity index (χ3v) is 1.85. The molecule has 1 amide bonds. The van der Waals surface area contributed by atoms with Crippen molar-refractivity contribution in [2.75, 3.05) is 13.3 Å². The minimum Gasteiger partial charge on any atom is -0.361 e. The molecule has 0 atom stereocenters. The number of carbonyl (C=O) groups is 1. The summed E-state index contributed by atoms with van der Waals surface area (Å²) in [5.41, 5.74) is 0. The lowest BCUT2D eigenvalue weighted by molar-refractivity contribution is -0.136. The first-order valence-electron chi connectivity index (χ1n) is 4.09. The second-order valence-electron chi connectivity index (χ2n) is 3.10. The van der Waals surface area contributed by atoms with E-state index in [-0.39, 0.29) is 11.9 Å². The summed E-state index contributed by atoms with van der Waals surface area (Å²) < 4.78 is 5.24. The molecule has 0 N–H and O–H groups in total. The molecule has 1 aliphatic rings. The van der Waals surface area contributed by atoms with Gasteiger partial charge in [0.05, 0.1) is 0 Å². The molecule has 0 radical (unpaired) electrons. The Hall–Kier alpha value is -0.570. The molecule has 64 valence electrons. The van der Waals surface area contributed by atoms with E-state index in [9.17, 15) is 4.79 Å². The Kier molecular flexibility index (Phi) is 2.88. The number of hydrogen-bond donors (Lipinski definition) is 0. The van der Waals surface area contributed by atoms with E-state index in [0.717, 1.165) is 13.0 Å². The number of amides is 1. The first-order chi connectivity index (χ1) is 5.22. The van der Waals surface area contributed by atoms with Crippen molar-refractivity contribution in [3.05, 3.63) is 0 Å². The third-order valence-electron chi connectivity index (χ3n) is 1.85. The Labute approximate surface area is 67.3 Å². The van der Waals surface area contributed by atoms with Crippen LogP contribution in [0.25, 0.3) is 0 Å². The van der Waals surface area contributed by atoms with E-state index in [1.165, 1.54) is 0 Å². The van der Waals surface area contributed by atoms with Crippen molar-refractivity contribution in [1.29, 1.82) is 0 Å². The molecule has 1 fully saturated rings. The molecule has 1 heterocycles. The molecule has 0 aromatic carbocycles. The van der Waals surface area contributed by atoms with Gasteiger partial charge in [-0.05, 0) is 20.3 Å². The number of carbonyl (C=O) groups excluding carboxylic acids is 1. The first kappa shape index (κ1) is 8.53. The van der Waals surface area contributed by atoms with Crippen molar-refractivity contribution in [3.8, 4) is 0 Å². The highest BCUT2D eigenvalue weighted by atomic mass is 16.5.